The highest BCUT2D eigenvalue weighted by Crippen LogP contribution is 2.26. The van der Waals surface area contributed by atoms with Crippen LogP contribution in [0.4, 0.5) is 5.69 Å². The molecule has 1 unspecified atom stereocenters. The number of thiocarbonyl (C=S) groups is 1. The first kappa shape index (κ1) is 14.4. The lowest BCUT2D eigenvalue weighted by Crippen LogP contribution is -2.20. The fourth-order valence-electron chi connectivity index (χ4n) is 1.39. The molecule has 0 aliphatic heterocycles. The molecule has 0 bridgehead atoms. The summed E-state index contributed by atoms with van der Waals surface area (Å²) in [6.07, 6.45) is 0.791. The number of rotatable bonds is 5. The molecule has 0 heterocycles. The highest BCUT2D eigenvalue weighted by Gasteiger charge is 2.13. The Morgan fingerprint density at radius 2 is 2.22 bits per heavy atom. The molecular formula is C13H18N2O2S. The third kappa shape index (κ3) is 3.43. The highest BCUT2D eigenvalue weighted by molar-refractivity contribution is 7.80. The first-order chi connectivity index (χ1) is 8.49. The van der Waals surface area contributed by atoms with Gasteiger partial charge < -0.3 is 15.8 Å². The average Bonchev–Trinajstić information content (AvgIpc) is 2.37. The molecule has 0 radical (unpaired) electrons. The van der Waals surface area contributed by atoms with E-state index < -0.39 is 0 Å². The predicted octanol–water partition coefficient (Wildman–Crippen LogP) is 2.31. The summed E-state index contributed by atoms with van der Waals surface area (Å²) in [4.78, 5) is 12.1. The lowest BCUT2D eigenvalue weighted by molar-refractivity contribution is -0.119. The lowest BCUT2D eigenvalue weighted by atomic mass is 10.1. The average molecular weight is 266 g/mol. The molecule has 18 heavy (non-hydrogen) atoms. The van der Waals surface area contributed by atoms with Crippen LogP contribution in [0.15, 0.2) is 18.2 Å². The van der Waals surface area contributed by atoms with E-state index in [1.165, 1.54) is 7.11 Å². The Labute approximate surface area is 113 Å². The minimum absolute atomic E-state index is 0.0288. The molecule has 4 nitrogen and oxygen atoms in total. The van der Waals surface area contributed by atoms with Crippen molar-refractivity contribution in [3.8, 4) is 5.75 Å². The Morgan fingerprint density at radius 3 is 2.72 bits per heavy atom. The Morgan fingerprint density at radius 1 is 1.56 bits per heavy atom. The molecule has 1 rings (SSSR count). The van der Waals surface area contributed by atoms with Gasteiger partial charge in [-0.2, -0.15) is 0 Å². The monoisotopic (exact) mass is 266 g/mol. The summed E-state index contributed by atoms with van der Waals surface area (Å²) in [5.74, 6) is 0.487. The largest absolute Gasteiger partial charge is 0.495 e. The molecule has 5 heteroatoms. The maximum Gasteiger partial charge on any atom is 0.227 e. The molecule has 1 aromatic carbocycles. The van der Waals surface area contributed by atoms with Crippen LogP contribution in [0.2, 0.25) is 0 Å². The minimum atomic E-state index is -0.0371. The molecule has 1 aromatic rings. The van der Waals surface area contributed by atoms with E-state index in [0.29, 0.717) is 22.0 Å². The van der Waals surface area contributed by atoms with Gasteiger partial charge in [-0.15, -0.1) is 0 Å². The summed E-state index contributed by atoms with van der Waals surface area (Å²) in [7, 11) is 1.54. The Balaban J connectivity index is 2.96. The number of ether oxygens (including phenoxy) is 1. The molecule has 0 saturated heterocycles. The van der Waals surface area contributed by atoms with Crippen LogP contribution in [0.5, 0.6) is 5.75 Å². The van der Waals surface area contributed by atoms with Crippen molar-refractivity contribution in [2.45, 2.75) is 20.3 Å². The van der Waals surface area contributed by atoms with Crippen LogP contribution in [0.3, 0.4) is 0 Å². The topological polar surface area (TPSA) is 64.4 Å². The molecule has 0 aromatic heterocycles. The number of amides is 1. The predicted molar refractivity (Wildman–Crippen MR) is 77.0 cm³/mol. The molecule has 3 N–H and O–H groups in total. The standard InChI is InChI=1S/C13H18N2O2S/c1-4-8(2)13(16)15-10-6-5-9(12(14)18)7-11(10)17-3/h5-8H,4H2,1-3H3,(H2,14,18)(H,15,16). The quantitative estimate of drug-likeness (QED) is 0.803. The first-order valence-corrected chi connectivity index (χ1v) is 6.19. The van der Waals surface area contributed by atoms with Gasteiger partial charge in [-0.05, 0) is 24.6 Å². The molecule has 0 spiro atoms. The third-order valence-corrected chi connectivity index (χ3v) is 3.04. The van der Waals surface area contributed by atoms with Gasteiger partial charge in [-0.25, -0.2) is 0 Å². The van der Waals surface area contributed by atoms with Gasteiger partial charge in [0.2, 0.25) is 5.91 Å². The van der Waals surface area contributed by atoms with Crippen LogP contribution < -0.4 is 15.8 Å². The maximum absolute atomic E-state index is 11.8. The second kappa shape index (κ2) is 6.35. The van der Waals surface area contributed by atoms with Crippen LogP contribution in [0.25, 0.3) is 0 Å². The Bertz CT molecular complexity index is 460. The maximum atomic E-state index is 11.8. The number of benzene rings is 1. The van der Waals surface area contributed by atoms with Crippen LogP contribution in [0.1, 0.15) is 25.8 Å². The summed E-state index contributed by atoms with van der Waals surface area (Å²) >= 11 is 4.90. The third-order valence-electron chi connectivity index (χ3n) is 2.80. The van der Waals surface area contributed by atoms with Crippen molar-refractivity contribution in [3.63, 3.8) is 0 Å². The van der Waals surface area contributed by atoms with Crippen molar-refractivity contribution in [2.24, 2.45) is 11.7 Å². The van der Waals surface area contributed by atoms with Crippen LogP contribution >= 0.6 is 12.2 Å². The number of nitrogens with two attached hydrogens (primary N) is 1. The zero-order valence-corrected chi connectivity index (χ0v) is 11.6. The number of carbonyl (C=O) groups is 1. The van der Waals surface area contributed by atoms with E-state index in [-0.39, 0.29) is 11.8 Å². The molecule has 98 valence electrons. The second-order valence-corrected chi connectivity index (χ2v) is 4.52. The van der Waals surface area contributed by atoms with Gasteiger partial charge in [-0.1, -0.05) is 26.1 Å². The van der Waals surface area contributed by atoms with Crippen molar-refractivity contribution in [3.05, 3.63) is 23.8 Å². The van der Waals surface area contributed by atoms with E-state index in [9.17, 15) is 4.79 Å². The summed E-state index contributed by atoms with van der Waals surface area (Å²) in [5.41, 5.74) is 6.89. The van der Waals surface area contributed by atoms with Crippen molar-refractivity contribution in [1.82, 2.24) is 0 Å². The number of hydrogen-bond acceptors (Lipinski definition) is 3. The summed E-state index contributed by atoms with van der Waals surface area (Å²) in [6, 6.07) is 5.22. The fraction of sp³-hybridized carbons (Fsp3) is 0.385. The van der Waals surface area contributed by atoms with E-state index in [2.05, 4.69) is 5.32 Å². The van der Waals surface area contributed by atoms with Crippen molar-refractivity contribution < 1.29 is 9.53 Å². The van der Waals surface area contributed by atoms with Gasteiger partial charge in [0.1, 0.15) is 10.7 Å². The zero-order chi connectivity index (χ0) is 13.7. The molecule has 0 aliphatic carbocycles. The first-order valence-electron chi connectivity index (χ1n) is 5.78. The number of nitrogens with one attached hydrogen (secondary N) is 1. The van der Waals surface area contributed by atoms with Crippen molar-refractivity contribution >= 4 is 28.8 Å². The van der Waals surface area contributed by atoms with Crippen LogP contribution in [-0.4, -0.2) is 18.0 Å². The molecular weight excluding hydrogens is 248 g/mol. The summed E-state index contributed by atoms with van der Waals surface area (Å²) in [6.45, 7) is 3.85. The molecule has 0 fully saturated rings. The number of carbonyl (C=O) groups excluding carboxylic acids is 1. The van der Waals surface area contributed by atoms with Gasteiger partial charge in [0.05, 0.1) is 12.8 Å². The number of anilines is 1. The lowest BCUT2D eigenvalue weighted by Gasteiger charge is -2.14. The fourth-order valence-corrected chi connectivity index (χ4v) is 1.52. The molecule has 0 saturated carbocycles. The summed E-state index contributed by atoms with van der Waals surface area (Å²) in [5, 5.41) is 2.83. The van der Waals surface area contributed by atoms with Crippen molar-refractivity contribution in [1.29, 1.82) is 0 Å². The normalized spacial score (nSPS) is 11.7. The van der Waals surface area contributed by atoms with E-state index >= 15 is 0 Å². The van der Waals surface area contributed by atoms with E-state index in [1.807, 2.05) is 13.8 Å². The van der Waals surface area contributed by atoms with Gasteiger partial charge in [0, 0.05) is 11.5 Å². The molecule has 1 atom stereocenters. The smallest absolute Gasteiger partial charge is 0.227 e. The van der Waals surface area contributed by atoms with Crippen molar-refractivity contribution in [2.75, 3.05) is 12.4 Å². The van der Waals surface area contributed by atoms with Gasteiger partial charge in [-0.3, -0.25) is 4.79 Å². The number of hydrogen-bond donors (Lipinski definition) is 2. The van der Waals surface area contributed by atoms with Gasteiger partial charge >= 0.3 is 0 Å². The second-order valence-electron chi connectivity index (χ2n) is 4.08. The highest BCUT2D eigenvalue weighted by atomic mass is 32.1. The van der Waals surface area contributed by atoms with E-state index in [4.69, 9.17) is 22.7 Å². The molecule has 1 amide bonds. The molecule has 0 aliphatic rings. The minimum Gasteiger partial charge on any atom is -0.495 e. The summed E-state index contributed by atoms with van der Waals surface area (Å²) < 4.78 is 5.22. The zero-order valence-electron chi connectivity index (χ0n) is 10.8. The Hall–Kier alpha value is -1.62. The number of methoxy groups -OCH3 is 1. The van der Waals surface area contributed by atoms with Crippen LogP contribution in [-0.2, 0) is 4.79 Å². The van der Waals surface area contributed by atoms with Gasteiger partial charge in [0.15, 0.2) is 0 Å². The van der Waals surface area contributed by atoms with E-state index in [1.54, 1.807) is 18.2 Å². The Kier molecular flexibility index (Phi) is 5.09. The van der Waals surface area contributed by atoms with E-state index in [0.717, 1.165) is 6.42 Å². The van der Waals surface area contributed by atoms with Crippen LogP contribution in [0, 0.1) is 5.92 Å². The SMILES string of the molecule is CCC(C)C(=O)Nc1ccc(C(N)=S)cc1OC. The van der Waals surface area contributed by atoms with Gasteiger partial charge in [0.25, 0.3) is 0 Å².